The van der Waals surface area contributed by atoms with E-state index in [1.165, 1.54) is 0 Å². The Bertz CT molecular complexity index is 540. The van der Waals surface area contributed by atoms with Crippen LogP contribution in [0.2, 0.25) is 0 Å². The third kappa shape index (κ3) is 4.50. The molecule has 6 heteroatoms. The molecule has 0 unspecified atom stereocenters. The van der Waals surface area contributed by atoms with Gasteiger partial charge in [0, 0.05) is 14.6 Å². The third-order valence-electron chi connectivity index (χ3n) is 3.16. The van der Waals surface area contributed by atoms with Crippen molar-refractivity contribution < 1.29 is 4.79 Å². The number of carbonyl (C=O) groups excluding carboxylic acids is 1. The molecular formula is C14H17Br2N3O. The average molecular weight is 403 g/mol. The summed E-state index contributed by atoms with van der Waals surface area (Å²) in [5, 5.41) is 15.0. The molecule has 2 N–H and O–H groups in total. The quantitative estimate of drug-likeness (QED) is 0.789. The molecule has 20 heavy (non-hydrogen) atoms. The fraction of sp³-hybridized carbons (Fsp3) is 0.429. The molecule has 0 saturated carbocycles. The second-order valence-electron chi connectivity index (χ2n) is 4.99. The van der Waals surface area contributed by atoms with Crippen molar-refractivity contribution in [2.45, 2.75) is 26.3 Å². The van der Waals surface area contributed by atoms with Crippen molar-refractivity contribution >= 4 is 43.5 Å². The van der Waals surface area contributed by atoms with Gasteiger partial charge in [-0.1, -0.05) is 29.8 Å². The van der Waals surface area contributed by atoms with Crippen LogP contribution in [0, 0.1) is 17.2 Å². The van der Waals surface area contributed by atoms with Gasteiger partial charge in [0.05, 0.1) is 12.6 Å². The maximum Gasteiger partial charge on any atom is 0.240 e. The van der Waals surface area contributed by atoms with Crippen molar-refractivity contribution in [3.63, 3.8) is 0 Å². The molecule has 0 bridgehead atoms. The Kier molecular flexibility index (Phi) is 6.03. The Morgan fingerprint density at radius 2 is 2.10 bits per heavy atom. The van der Waals surface area contributed by atoms with E-state index in [4.69, 9.17) is 5.26 Å². The summed E-state index contributed by atoms with van der Waals surface area (Å²) in [7, 11) is 0. The lowest BCUT2D eigenvalue weighted by Gasteiger charge is -2.27. The molecule has 0 aliphatic heterocycles. The van der Waals surface area contributed by atoms with Crippen LogP contribution in [0.5, 0.6) is 0 Å². The highest BCUT2D eigenvalue weighted by Crippen LogP contribution is 2.25. The Labute approximate surface area is 136 Å². The highest BCUT2D eigenvalue weighted by Gasteiger charge is 2.29. The Balaban J connectivity index is 2.62. The lowest BCUT2D eigenvalue weighted by Crippen LogP contribution is -2.50. The fourth-order valence-electron chi connectivity index (χ4n) is 1.44. The van der Waals surface area contributed by atoms with Crippen molar-refractivity contribution in [3.05, 3.63) is 27.1 Å². The second kappa shape index (κ2) is 7.09. The van der Waals surface area contributed by atoms with E-state index < -0.39 is 5.54 Å². The van der Waals surface area contributed by atoms with Crippen LogP contribution in [0.3, 0.4) is 0 Å². The first kappa shape index (κ1) is 17.0. The van der Waals surface area contributed by atoms with Crippen molar-refractivity contribution in [3.8, 4) is 6.07 Å². The van der Waals surface area contributed by atoms with Crippen molar-refractivity contribution in [1.82, 2.24) is 5.32 Å². The number of rotatable bonds is 5. The van der Waals surface area contributed by atoms with Gasteiger partial charge in [0.25, 0.3) is 0 Å². The average Bonchev–Trinajstić information content (AvgIpc) is 2.37. The lowest BCUT2D eigenvalue weighted by molar-refractivity contribution is -0.121. The van der Waals surface area contributed by atoms with Crippen molar-refractivity contribution in [2.24, 2.45) is 5.92 Å². The molecule has 0 spiro atoms. The lowest BCUT2D eigenvalue weighted by atomic mass is 9.90. The number of nitrogens with zero attached hydrogens (tertiary/aromatic N) is 1. The first-order chi connectivity index (χ1) is 9.28. The summed E-state index contributed by atoms with van der Waals surface area (Å²) >= 11 is 6.79. The highest BCUT2D eigenvalue weighted by atomic mass is 79.9. The number of halogens is 2. The minimum absolute atomic E-state index is 0.0378. The van der Waals surface area contributed by atoms with E-state index in [0.29, 0.717) is 0 Å². The SMILES string of the molecule is CC(C)[C@](C)(C#N)NC(=O)CNc1ccc(Br)cc1Br. The summed E-state index contributed by atoms with van der Waals surface area (Å²) in [6.07, 6.45) is 0. The van der Waals surface area contributed by atoms with Gasteiger partial charge in [-0.15, -0.1) is 0 Å². The number of anilines is 1. The molecule has 0 saturated heterocycles. The van der Waals surface area contributed by atoms with E-state index in [1.807, 2.05) is 32.0 Å². The van der Waals surface area contributed by atoms with E-state index in [1.54, 1.807) is 6.92 Å². The molecule has 0 radical (unpaired) electrons. The van der Waals surface area contributed by atoms with Crippen LogP contribution in [0.4, 0.5) is 5.69 Å². The molecular weight excluding hydrogens is 386 g/mol. The zero-order valence-corrected chi connectivity index (χ0v) is 14.8. The summed E-state index contributed by atoms with van der Waals surface area (Å²) in [5.74, 6) is -0.173. The Hall–Kier alpha value is -1.06. The molecule has 0 fully saturated rings. The van der Waals surface area contributed by atoms with E-state index in [2.05, 4.69) is 48.6 Å². The molecule has 108 valence electrons. The summed E-state index contributed by atoms with van der Waals surface area (Å²) in [6, 6.07) is 7.80. The van der Waals surface area contributed by atoms with E-state index in [9.17, 15) is 4.79 Å². The van der Waals surface area contributed by atoms with E-state index >= 15 is 0 Å². The summed E-state index contributed by atoms with van der Waals surface area (Å²) in [6.45, 7) is 5.65. The van der Waals surface area contributed by atoms with Crippen LogP contribution in [-0.2, 0) is 4.79 Å². The van der Waals surface area contributed by atoms with Crippen molar-refractivity contribution in [1.29, 1.82) is 5.26 Å². The van der Waals surface area contributed by atoms with Gasteiger partial charge >= 0.3 is 0 Å². The van der Waals surface area contributed by atoms with Gasteiger partial charge in [0.15, 0.2) is 0 Å². The number of hydrogen-bond donors (Lipinski definition) is 2. The fourth-order valence-corrected chi connectivity index (χ4v) is 2.63. The normalized spacial score (nSPS) is 13.4. The number of nitrogens with one attached hydrogen (secondary N) is 2. The number of benzene rings is 1. The largest absolute Gasteiger partial charge is 0.375 e. The topological polar surface area (TPSA) is 64.9 Å². The Morgan fingerprint density at radius 1 is 1.45 bits per heavy atom. The molecule has 0 aliphatic rings. The predicted octanol–water partition coefficient (Wildman–Crippen LogP) is 3.68. The van der Waals surface area contributed by atoms with Crippen LogP contribution in [0.25, 0.3) is 0 Å². The molecule has 1 atom stereocenters. The van der Waals surface area contributed by atoms with Crippen LogP contribution >= 0.6 is 31.9 Å². The highest BCUT2D eigenvalue weighted by molar-refractivity contribution is 9.11. The Morgan fingerprint density at radius 3 is 2.60 bits per heavy atom. The first-order valence-electron chi connectivity index (χ1n) is 6.19. The zero-order chi connectivity index (χ0) is 15.3. The number of amides is 1. The van der Waals surface area contributed by atoms with Gasteiger partial charge < -0.3 is 10.6 Å². The molecule has 1 amide bonds. The standard InChI is InChI=1S/C14H17Br2N3O/c1-9(2)14(3,8-17)19-13(20)7-18-12-5-4-10(15)6-11(12)16/h4-6,9,18H,7H2,1-3H3,(H,19,20)/t14-/m0/s1. The van der Waals surface area contributed by atoms with Gasteiger partial charge in [-0.05, 0) is 47.0 Å². The number of nitriles is 1. The minimum Gasteiger partial charge on any atom is -0.375 e. The van der Waals surface area contributed by atoms with Crippen LogP contribution in [0.1, 0.15) is 20.8 Å². The monoisotopic (exact) mass is 401 g/mol. The summed E-state index contributed by atoms with van der Waals surface area (Å²) in [5.41, 5.74) is -0.0260. The molecule has 0 heterocycles. The summed E-state index contributed by atoms with van der Waals surface area (Å²) < 4.78 is 1.82. The van der Waals surface area contributed by atoms with Gasteiger partial charge in [0.1, 0.15) is 5.54 Å². The summed E-state index contributed by atoms with van der Waals surface area (Å²) in [4.78, 5) is 11.9. The van der Waals surface area contributed by atoms with Gasteiger partial charge in [-0.2, -0.15) is 5.26 Å². The number of carbonyl (C=O) groups is 1. The molecule has 0 aliphatic carbocycles. The maximum atomic E-state index is 11.9. The third-order valence-corrected chi connectivity index (χ3v) is 4.31. The first-order valence-corrected chi connectivity index (χ1v) is 7.78. The van der Waals surface area contributed by atoms with Crippen LogP contribution in [-0.4, -0.2) is 18.0 Å². The van der Waals surface area contributed by atoms with E-state index in [0.717, 1.165) is 14.6 Å². The number of hydrogen-bond acceptors (Lipinski definition) is 3. The van der Waals surface area contributed by atoms with Gasteiger partial charge in [-0.3, -0.25) is 4.79 Å². The zero-order valence-electron chi connectivity index (χ0n) is 11.6. The molecule has 1 aromatic rings. The van der Waals surface area contributed by atoms with Crippen LogP contribution in [0.15, 0.2) is 27.1 Å². The second-order valence-corrected chi connectivity index (χ2v) is 6.76. The molecule has 1 rings (SSSR count). The smallest absolute Gasteiger partial charge is 0.240 e. The van der Waals surface area contributed by atoms with Gasteiger partial charge in [0.2, 0.25) is 5.91 Å². The van der Waals surface area contributed by atoms with Crippen molar-refractivity contribution in [2.75, 3.05) is 11.9 Å². The van der Waals surface area contributed by atoms with E-state index in [-0.39, 0.29) is 18.4 Å². The molecule has 4 nitrogen and oxygen atoms in total. The predicted molar refractivity (Wildman–Crippen MR) is 87.3 cm³/mol. The maximum absolute atomic E-state index is 11.9. The molecule has 0 aromatic heterocycles. The van der Waals surface area contributed by atoms with Crippen LogP contribution < -0.4 is 10.6 Å². The molecule has 1 aromatic carbocycles. The minimum atomic E-state index is -0.851. The van der Waals surface area contributed by atoms with Gasteiger partial charge in [-0.25, -0.2) is 0 Å².